The van der Waals surface area contributed by atoms with E-state index in [0.29, 0.717) is 5.57 Å². The maximum Gasteiger partial charge on any atom is 0.248 e. The minimum Gasteiger partial charge on any atom is -0.366 e. The Kier molecular flexibility index (Phi) is 1.89. The summed E-state index contributed by atoms with van der Waals surface area (Å²) in [5.41, 5.74) is 8.20. The maximum atomic E-state index is 11.1. The Labute approximate surface area is 77.1 Å². The average molecular weight is 173 g/mol. The molecule has 1 amide bonds. The van der Waals surface area contributed by atoms with Crippen LogP contribution in [0.3, 0.4) is 0 Å². The molecule has 2 heteroatoms. The van der Waals surface area contributed by atoms with Crippen LogP contribution in [0.1, 0.15) is 12.8 Å². The summed E-state index contributed by atoms with van der Waals surface area (Å²) in [6.07, 6.45) is 11.7. The van der Waals surface area contributed by atoms with Gasteiger partial charge in [0, 0.05) is 5.57 Å². The lowest BCUT2D eigenvalue weighted by atomic mass is 10.0. The Morgan fingerprint density at radius 3 is 2.85 bits per heavy atom. The summed E-state index contributed by atoms with van der Waals surface area (Å²) in [5.74, 6) is -0.331. The van der Waals surface area contributed by atoms with Crippen molar-refractivity contribution in [3.05, 3.63) is 47.1 Å². The number of hydrogen-bond acceptors (Lipinski definition) is 1. The lowest BCUT2D eigenvalue weighted by molar-refractivity contribution is -0.114. The van der Waals surface area contributed by atoms with Gasteiger partial charge >= 0.3 is 0 Å². The molecule has 0 saturated heterocycles. The fourth-order valence-corrected chi connectivity index (χ4v) is 1.74. The summed E-state index contributed by atoms with van der Waals surface area (Å²) < 4.78 is 0. The molecule has 2 aliphatic carbocycles. The van der Waals surface area contributed by atoms with E-state index in [9.17, 15) is 4.79 Å². The number of carbonyl (C=O) groups excluding carboxylic acids is 1. The van der Waals surface area contributed by atoms with Gasteiger partial charge in [0.05, 0.1) is 0 Å². The summed E-state index contributed by atoms with van der Waals surface area (Å²) in [7, 11) is 0. The Balaban J connectivity index is 2.53. The van der Waals surface area contributed by atoms with Crippen molar-refractivity contribution < 1.29 is 4.79 Å². The van der Waals surface area contributed by atoms with Gasteiger partial charge in [-0.3, -0.25) is 4.79 Å². The van der Waals surface area contributed by atoms with Crippen LogP contribution in [0.15, 0.2) is 47.1 Å². The van der Waals surface area contributed by atoms with Crippen LogP contribution in [0.4, 0.5) is 0 Å². The average Bonchev–Trinajstić information content (AvgIpc) is 2.44. The zero-order valence-electron chi connectivity index (χ0n) is 7.29. The van der Waals surface area contributed by atoms with Crippen molar-refractivity contribution in [1.29, 1.82) is 0 Å². The molecule has 0 aromatic heterocycles. The first-order valence-electron chi connectivity index (χ1n) is 4.37. The molecule has 0 saturated carbocycles. The van der Waals surface area contributed by atoms with E-state index in [4.69, 9.17) is 5.73 Å². The number of hydrogen-bond donors (Lipinski definition) is 1. The third kappa shape index (κ3) is 1.35. The lowest BCUT2D eigenvalue weighted by Crippen LogP contribution is -2.14. The molecule has 0 unspecified atom stereocenters. The molecule has 0 atom stereocenters. The molecule has 2 rings (SSSR count). The molecule has 2 aliphatic rings. The van der Waals surface area contributed by atoms with Gasteiger partial charge in [0.15, 0.2) is 0 Å². The first kappa shape index (κ1) is 8.05. The summed E-state index contributed by atoms with van der Waals surface area (Å²) in [6.45, 7) is 0. The molecular formula is C11H11NO. The highest BCUT2D eigenvalue weighted by Gasteiger charge is 2.17. The SMILES string of the molecule is NC(=O)C1=C2CCC=C2C=CC=C1. The van der Waals surface area contributed by atoms with Crippen molar-refractivity contribution in [1.82, 2.24) is 0 Å². The molecule has 2 N–H and O–H groups in total. The van der Waals surface area contributed by atoms with Gasteiger partial charge < -0.3 is 5.73 Å². The molecule has 0 aromatic rings. The lowest BCUT2D eigenvalue weighted by Gasteiger charge is -2.03. The number of primary amides is 1. The molecule has 0 aromatic carbocycles. The standard InChI is InChI=1S/C11H11NO/c12-11(13)10-6-2-1-4-8-5-3-7-9(8)10/h1-2,4-6H,3,7H2,(H2,12,13). The quantitative estimate of drug-likeness (QED) is 0.643. The molecule has 0 fully saturated rings. The number of rotatable bonds is 1. The van der Waals surface area contributed by atoms with Gasteiger partial charge in [0.1, 0.15) is 0 Å². The number of nitrogens with two attached hydrogens (primary N) is 1. The van der Waals surface area contributed by atoms with Gasteiger partial charge in [-0.2, -0.15) is 0 Å². The fraction of sp³-hybridized carbons (Fsp3) is 0.182. The highest BCUT2D eigenvalue weighted by Crippen LogP contribution is 2.30. The molecule has 0 heterocycles. The number of fused-ring (bicyclic) bond motifs is 1. The second kappa shape index (κ2) is 3.05. The van der Waals surface area contributed by atoms with E-state index < -0.39 is 0 Å². The van der Waals surface area contributed by atoms with E-state index in [1.807, 2.05) is 18.2 Å². The Morgan fingerprint density at radius 1 is 1.31 bits per heavy atom. The fourth-order valence-electron chi connectivity index (χ4n) is 1.74. The predicted molar refractivity (Wildman–Crippen MR) is 51.8 cm³/mol. The summed E-state index contributed by atoms with van der Waals surface area (Å²) >= 11 is 0. The third-order valence-electron chi connectivity index (χ3n) is 2.35. The third-order valence-corrected chi connectivity index (χ3v) is 2.35. The van der Waals surface area contributed by atoms with Crippen LogP contribution in [-0.2, 0) is 4.79 Å². The second-order valence-electron chi connectivity index (χ2n) is 3.17. The molecule has 2 nitrogen and oxygen atoms in total. The van der Waals surface area contributed by atoms with Crippen molar-refractivity contribution in [2.24, 2.45) is 5.73 Å². The van der Waals surface area contributed by atoms with Crippen LogP contribution in [-0.4, -0.2) is 5.91 Å². The summed E-state index contributed by atoms with van der Waals surface area (Å²) in [6, 6.07) is 0. The molecule has 0 aliphatic heterocycles. The highest BCUT2D eigenvalue weighted by molar-refractivity contribution is 5.97. The van der Waals surface area contributed by atoms with Crippen LogP contribution >= 0.6 is 0 Å². The number of amides is 1. The van der Waals surface area contributed by atoms with E-state index in [1.165, 1.54) is 0 Å². The van der Waals surface area contributed by atoms with E-state index in [-0.39, 0.29) is 5.91 Å². The molecule has 66 valence electrons. The second-order valence-corrected chi connectivity index (χ2v) is 3.17. The summed E-state index contributed by atoms with van der Waals surface area (Å²) in [5, 5.41) is 0. The zero-order chi connectivity index (χ0) is 9.26. The maximum absolute atomic E-state index is 11.1. The van der Waals surface area contributed by atoms with Crippen molar-refractivity contribution in [3.63, 3.8) is 0 Å². The van der Waals surface area contributed by atoms with Crippen molar-refractivity contribution in [3.8, 4) is 0 Å². The number of allylic oxidation sites excluding steroid dienone is 6. The Bertz CT molecular complexity index is 370. The van der Waals surface area contributed by atoms with Gasteiger partial charge in [-0.15, -0.1) is 0 Å². The molecule has 0 radical (unpaired) electrons. The van der Waals surface area contributed by atoms with Crippen LogP contribution in [0.25, 0.3) is 0 Å². The Morgan fingerprint density at radius 2 is 2.08 bits per heavy atom. The van der Waals surface area contributed by atoms with Crippen LogP contribution in [0, 0.1) is 0 Å². The van der Waals surface area contributed by atoms with Gasteiger partial charge in [-0.1, -0.05) is 24.3 Å². The molecule has 0 spiro atoms. The number of carbonyl (C=O) groups is 1. The van der Waals surface area contributed by atoms with E-state index in [2.05, 4.69) is 6.08 Å². The van der Waals surface area contributed by atoms with Gasteiger partial charge in [-0.25, -0.2) is 0 Å². The van der Waals surface area contributed by atoms with Crippen molar-refractivity contribution >= 4 is 5.91 Å². The minimum absolute atomic E-state index is 0.331. The van der Waals surface area contributed by atoms with E-state index in [1.54, 1.807) is 6.08 Å². The van der Waals surface area contributed by atoms with Crippen LogP contribution < -0.4 is 5.73 Å². The normalized spacial score (nSPS) is 19.8. The van der Waals surface area contributed by atoms with Gasteiger partial charge in [0.2, 0.25) is 5.91 Å². The van der Waals surface area contributed by atoms with Gasteiger partial charge in [0.25, 0.3) is 0 Å². The predicted octanol–water partition coefficient (Wildman–Crippen LogP) is 1.61. The first-order chi connectivity index (χ1) is 6.29. The van der Waals surface area contributed by atoms with E-state index >= 15 is 0 Å². The minimum atomic E-state index is -0.331. The van der Waals surface area contributed by atoms with E-state index in [0.717, 1.165) is 24.0 Å². The molecular weight excluding hydrogens is 162 g/mol. The van der Waals surface area contributed by atoms with Crippen molar-refractivity contribution in [2.75, 3.05) is 0 Å². The van der Waals surface area contributed by atoms with Crippen LogP contribution in [0.2, 0.25) is 0 Å². The topological polar surface area (TPSA) is 43.1 Å². The monoisotopic (exact) mass is 173 g/mol. The molecule has 13 heavy (non-hydrogen) atoms. The van der Waals surface area contributed by atoms with Gasteiger partial charge in [-0.05, 0) is 30.1 Å². The largest absolute Gasteiger partial charge is 0.366 e. The van der Waals surface area contributed by atoms with Crippen molar-refractivity contribution in [2.45, 2.75) is 12.8 Å². The smallest absolute Gasteiger partial charge is 0.248 e. The zero-order valence-corrected chi connectivity index (χ0v) is 7.29. The summed E-state index contributed by atoms with van der Waals surface area (Å²) in [4.78, 5) is 11.1. The Hall–Kier alpha value is -1.57. The highest BCUT2D eigenvalue weighted by atomic mass is 16.1. The molecule has 0 bridgehead atoms. The van der Waals surface area contributed by atoms with Crippen LogP contribution in [0.5, 0.6) is 0 Å². The first-order valence-corrected chi connectivity index (χ1v) is 4.37.